The number of halogens is 2. The van der Waals surface area contributed by atoms with Crippen molar-refractivity contribution in [2.45, 2.75) is 13.0 Å². The van der Waals surface area contributed by atoms with Crippen LogP contribution in [0, 0.1) is 0 Å². The summed E-state index contributed by atoms with van der Waals surface area (Å²) >= 11 is 11.9. The Kier molecular flexibility index (Phi) is 6.75. The molecular weight excluding hydrogens is 411 g/mol. The third-order valence-electron chi connectivity index (χ3n) is 4.03. The maximum Gasteiger partial charge on any atom is 0.265 e. The Morgan fingerprint density at radius 2 is 1.52 bits per heavy atom. The maximum atomic E-state index is 12.4. The van der Waals surface area contributed by atoms with E-state index < -0.39 is 6.10 Å². The van der Waals surface area contributed by atoms with Crippen LogP contribution < -0.4 is 15.4 Å². The molecule has 0 aliphatic rings. The molecule has 29 heavy (non-hydrogen) atoms. The topological polar surface area (TPSA) is 67.4 Å². The molecule has 7 heteroatoms. The first-order valence-electron chi connectivity index (χ1n) is 8.81. The molecule has 148 valence electrons. The zero-order valence-electron chi connectivity index (χ0n) is 15.5. The molecule has 0 saturated heterocycles. The number of hydrogen-bond donors (Lipinski definition) is 2. The van der Waals surface area contributed by atoms with E-state index in [0.717, 1.165) is 0 Å². The predicted molar refractivity (Wildman–Crippen MR) is 116 cm³/mol. The van der Waals surface area contributed by atoms with Crippen molar-refractivity contribution in [2.75, 3.05) is 10.6 Å². The van der Waals surface area contributed by atoms with E-state index in [1.165, 1.54) is 0 Å². The minimum atomic E-state index is -0.728. The van der Waals surface area contributed by atoms with E-state index in [-0.39, 0.29) is 11.8 Å². The van der Waals surface area contributed by atoms with Crippen LogP contribution in [0.25, 0.3) is 0 Å². The highest BCUT2D eigenvalue weighted by Crippen LogP contribution is 2.22. The highest BCUT2D eigenvalue weighted by molar-refractivity contribution is 6.33. The molecule has 0 radical (unpaired) electrons. The quantitative estimate of drug-likeness (QED) is 0.532. The summed E-state index contributed by atoms with van der Waals surface area (Å²) in [4.78, 5) is 24.6. The lowest BCUT2D eigenvalue weighted by Crippen LogP contribution is -2.30. The molecule has 0 unspecified atom stereocenters. The van der Waals surface area contributed by atoms with Gasteiger partial charge < -0.3 is 15.4 Å². The van der Waals surface area contributed by atoms with Crippen molar-refractivity contribution in [3.05, 3.63) is 88.4 Å². The summed E-state index contributed by atoms with van der Waals surface area (Å²) < 4.78 is 5.65. The number of amides is 2. The summed E-state index contributed by atoms with van der Waals surface area (Å²) in [6.45, 7) is 1.64. The van der Waals surface area contributed by atoms with E-state index in [9.17, 15) is 9.59 Å². The van der Waals surface area contributed by atoms with Crippen LogP contribution in [0.4, 0.5) is 11.4 Å². The number of rotatable bonds is 6. The third kappa shape index (κ3) is 5.73. The number of para-hydroxylation sites is 1. The molecule has 0 fully saturated rings. The molecule has 5 nitrogen and oxygen atoms in total. The van der Waals surface area contributed by atoms with Gasteiger partial charge in [-0.05, 0) is 67.6 Å². The van der Waals surface area contributed by atoms with E-state index in [0.29, 0.717) is 32.7 Å². The fraction of sp³-hybridized carbons (Fsp3) is 0.0909. The Bertz CT molecular complexity index is 1010. The molecule has 2 N–H and O–H groups in total. The van der Waals surface area contributed by atoms with Crippen LogP contribution in [0.1, 0.15) is 17.3 Å². The molecule has 3 aromatic carbocycles. The number of nitrogens with one attached hydrogen (secondary N) is 2. The van der Waals surface area contributed by atoms with Gasteiger partial charge in [-0.15, -0.1) is 0 Å². The SMILES string of the molecule is C[C@H](Oc1ccc(C(=O)Nc2ccccc2Cl)cc1)C(=O)Nc1ccc(Cl)cc1. The fourth-order valence-electron chi connectivity index (χ4n) is 2.48. The first-order chi connectivity index (χ1) is 13.9. The summed E-state index contributed by atoms with van der Waals surface area (Å²) in [5.41, 5.74) is 1.60. The number of benzene rings is 3. The molecular formula is C22H18Cl2N2O3. The zero-order valence-corrected chi connectivity index (χ0v) is 17.0. The number of ether oxygens (including phenoxy) is 1. The second-order valence-corrected chi connectivity index (χ2v) is 7.06. The highest BCUT2D eigenvalue weighted by atomic mass is 35.5. The monoisotopic (exact) mass is 428 g/mol. The van der Waals surface area contributed by atoms with Crippen LogP contribution in [0.3, 0.4) is 0 Å². The van der Waals surface area contributed by atoms with Gasteiger partial charge in [0.05, 0.1) is 10.7 Å². The van der Waals surface area contributed by atoms with E-state index in [2.05, 4.69) is 10.6 Å². The maximum absolute atomic E-state index is 12.4. The van der Waals surface area contributed by atoms with Crippen LogP contribution in [-0.4, -0.2) is 17.9 Å². The van der Waals surface area contributed by atoms with Crippen molar-refractivity contribution in [3.63, 3.8) is 0 Å². The van der Waals surface area contributed by atoms with Crippen LogP contribution in [-0.2, 0) is 4.79 Å². The first kappa shape index (κ1) is 20.7. The Labute approximate surface area is 178 Å². The zero-order chi connectivity index (χ0) is 20.8. The van der Waals surface area contributed by atoms with E-state index in [1.807, 2.05) is 0 Å². The number of carbonyl (C=O) groups excluding carboxylic acids is 2. The van der Waals surface area contributed by atoms with Gasteiger partial charge in [-0.25, -0.2) is 0 Å². The summed E-state index contributed by atoms with van der Waals surface area (Å²) in [6.07, 6.45) is -0.728. The van der Waals surface area contributed by atoms with Crippen LogP contribution in [0.5, 0.6) is 5.75 Å². The van der Waals surface area contributed by atoms with Crippen molar-refractivity contribution < 1.29 is 14.3 Å². The number of hydrogen-bond acceptors (Lipinski definition) is 3. The molecule has 2 amide bonds. The van der Waals surface area contributed by atoms with Crippen LogP contribution in [0.2, 0.25) is 10.0 Å². The largest absolute Gasteiger partial charge is 0.481 e. The van der Waals surface area contributed by atoms with Crippen molar-refractivity contribution in [1.29, 1.82) is 0 Å². The van der Waals surface area contributed by atoms with Crippen molar-refractivity contribution >= 4 is 46.4 Å². The third-order valence-corrected chi connectivity index (χ3v) is 4.61. The molecule has 1 atom stereocenters. The van der Waals surface area contributed by atoms with Crippen molar-refractivity contribution in [2.24, 2.45) is 0 Å². The average Bonchev–Trinajstić information content (AvgIpc) is 2.72. The molecule has 0 heterocycles. The summed E-state index contributed by atoms with van der Waals surface area (Å²) in [5.74, 6) is -0.121. The van der Waals surface area contributed by atoms with Crippen molar-refractivity contribution in [1.82, 2.24) is 0 Å². The van der Waals surface area contributed by atoms with E-state index in [4.69, 9.17) is 27.9 Å². The van der Waals surface area contributed by atoms with E-state index >= 15 is 0 Å². The summed E-state index contributed by atoms with van der Waals surface area (Å²) in [6, 6.07) is 20.3. The van der Waals surface area contributed by atoms with Gasteiger partial charge in [-0.3, -0.25) is 9.59 Å². The van der Waals surface area contributed by atoms with Crippen LogP contribution >= 0.6 is 23.2 Å². The molecule has 0 aromatic heterocycles. The lowest BCUT2D eigenvalue weighted by Gasteiger charge is -2.15. The van der Waals surface area contributed by atoms with Gasteiger partial charge in [-0.2, -0.15) is 0 Å². The van der Waals surface area contributed by atoms with Crippen LogP contribution in [0.15, 0.2) is 72.8 Å². The molecule has 3 aromatic rings. The van der Waals surface area contributed by atoms with Crippen molar-refractivity contribution in [3.8, 4) is 5.75 Å². The predicted octanol–water partition coefficient (Wildman–Crippen LogP) is 5.65. The summed E-state index contributed by atoms with van der Waals surface area (Å²) in [7, 11) is 0. The molecule has 0 aliphatic heterocycles. The first-order valence-corrected chi connectivity index (χ1v) is 9.57. The minimum absolute atomic E-state index is 0.293. The smallest absolute Gasteiger partial charge is 0.265 e. The van der Waals surface area contributed by atoms with Gasteiger partial charge in [0.25, 0.3) is 11.8 Å². The molecule has 0 aliphatic carbocycles. The van der Waals surface area contributed by atoms with Gasteiger partial charge in [0.2, 0.25) is 0 Å². The molecule has 0 saturated carbocycles. The lowest BCUT2D eigenvalue weighted by molar-refractivity contribution is -0.122. The molecule has 0 spiro atoms. The highest BCUT2D eigenvalue weighted by Gasteiger charge is 2.15. The summed E-state index contributed by atoms with van der Waals surface area (Å²) in [5, 5.41) is 6.55. The van der Waals surface area contributed by atoms with E-state index in [1.54, 1.807) is 79.7 Å². The lowest BCUT2D eigenvalue weighted by atomic mass is 10.2. The second kappa shape index (κ2) is 9.45. The number of carbonyl (C=O) groups is 2. The number of anilines is 2. The average molecular weight is 429 g/mol. The van der Waals surface area contributed by atoms with Gasteiger partial charge in [-0.1, -0.05) is 35.3 Å². The molecule has 3 rings (SSSR count). The van der Waals surface area contributed by atoms with Gasteiger partial charge in [0.15, 0.2) is 6.10 Å². The Morgan fingerprint density at radius 3 is 2.17 bits per heavy atom. The van der Waals surface area contributed by atoms with Gasteiger partial charge in [0.1, 0.15) is 5.75 Å². The van der Waals surface area contributed by atoms with Gasteiger partial charge in [0, 0.05) is 16.3 Å². The Morgan fingerprint density at radius 1 is 0.862 bits per heavy atom. The Hall–Kier alpha value is -3.02. The minimum Gasteiger partial charge on any atom is -0.481 e. The Balaban J connectivity index is 1.58. The normalized spacial score (nSPS) is 11.4. The fourth-order valence-corrected chi connectivity index (χ4v) is 2.79. The standard InChI is InChI=1S/C22H18Cl2N2O3/c1-14(21(27)25-17-10-8-16(23)9-11-17)29-18-12-6-15(7-13-18)22(28)26-20-5-3-2-4-19(20)24/h2-14H,1H3,(H,25,27)(H,26,28)/t14-/m0/s1. The van der Waals surface area contributed by atoms with Gasteiger partial charge >= 0.3 is 0 Å². The second-order valence-electron chi connectivity index (χ2n) is 6.21. The molecule has 0 bridgehead atoms.